The molecule has 35 heavy (non-hydrogen) atoms. The predicted molar refractivity (Wildman–Crippen MR) is 142 cm³/mol. The number of hydrogen-bond acceptors (Lipinski definition) is 6. The quantitative estimate of drug-likeness (QED) is 0.281. The number of sulfone groups is 1. The van der Waals surface area contributed by atoms with Gasteiger partial charge in [0.15, 0.2) is 20.8 Å². The fourth-order valence-corrected chi connectivity index (χ4v) is 6.43. The van der Waals surface area contributed by atoms with Crippen molar-refractivity contribution >= 4 is 32.5 Å². The molecule has 0 saturated heterocycles. The zero-order valence-electron chi connectivity index (χ0n) is 20.2. The first-order chi connectivity index (χ1) is 16.9. The van der Waals surface area contributed by atoms with Crippen LogP contribution in [0.15, 0.2) is 58.7 Å². The van der Waals surface area contributed by atoms with Gasteiger partial charge in [0.1, 0.15) is 0 Å². The SMILES string of the molecule is CCS(=O)(=O)c1ccc2c(c1)CCN(CCCSc1nnc(-c3ccc4cc[nH]c4c3)n1C)CC2. The van der Waals surface area contributed by atoms with E-state index in [0.29, 0.717) is 4.90 Å². The maximum absolute atomic E-state index is 12.2. The molecule has 2 aromatic carbocycles. The van der Waals surface area contributed by atoms with Gasteiger partial charge in [-0.1, -0.05) is 36.9 Å². The molecule has 1 aliphatic heterocycles. The van der Waals surface area contributed by atoms with Gasteiger partial charge in [-0.05, 0) is 66.6 Å². The van der Waals surface area contributed by atoms with Gasteiger partial charge in [-0.2, -0.15) is 0 Å². The van der Waals surface area contributed by atoms with Crippen LogP contribution in [0.3, 0.4) is 0 Å². The van der Waals surface area contributed by atoms with Crippen LogP contribution in [0.25, 0.3) is 22.3 Å². The van der Waals surface area contributed by atoms with E-state index in [1.807, 2.05) is 25.4 Å². The molecule has 0 amide bonds. The van der Waals surface area contributed by atoms with Crippen LogP contribution >= 0.6 is 11.8 Å². The fourth-order valence-electron chi connectivity index (χ4n) is 4.66. The second-order valence-electron chi connectivity index (χ2n) is 9.02. The number of H-pyrrole nitrogens is 1. The minimum absolute atomic E-state index is 0.143. The summed E-state index contributed by atoms with van der Waals surface area (Å²) in [4.78, 5) is 6.20. The largest absolute Gasteiger partial charge is 0.361 e. The molecule has 0 fully saturated rings. The average molecular weight is 510 g/mol. The molecule has 2 aromatic heterocycles. The van der Waals surface area contributed by atoms with Crippen LogP contribution in [0.2, 0.25) is 0 Å². The van der Waals surface area contributed by atoms with Crippen molar-refractivity contribution in [1.29, 1.82) is 0 Å². The second kappa shape index (κ2) is 10.2. The summed E-state index contributed by atoms with van der Waals surface area (Å²) in [6.45, 7) is 4.69. The van der Waals surface area contributed by atoms with Gasteiger partial charge in [-0.25, -0.2) is 8.42 Å². The van der Waals surface area contributed by atoms with Crippen LogP contribution in [-0.2, 0) is 29.7 Å². The van der Waals surface area contributed by atoms with E-state index < -0.39 is 9.84 Å². The topological polar surface area (TPSA) is 83.9 Å². The van der Waals surface area contributed by atoms with Crippen LogP contribution in [0.4, 0.5) is 0 Å². The Balaban J connectivity index is 1.14. The van der Waals surface area contributed by atoms with Crippen molar-refractivity contribution in [3.63, 3.8) is 0 Å². The number of thioether (sulfide) groups is 1. The van der Waals surface area contributed by atoms with E-state index in [-0.39, 0.29) is 5.75 Å². The molecule has 0 radical (unpaired) electrons. The number of fused-ring (bicyclic) bond motifs is 2. The van der Waals surface area contributed by atoms with E-state index in [9.17, 15) is 8.42 Å². The van der Waals surface area contributed by atoms with Gasteiger partial charge in [-0.3, -0.25) is 0 Å². The first-order valence-electron chi connectivity index (χ1n) is 12.1. The average Bonchev–Trinajstić information content (AvgIpc) is 3.42. The third kappa shape index (κ3) is 5.17. The molecule has 1 N–H and O–H groups in total. The lowest BCUT2D eigenvalue weighted by Gasteiger charge is -2.19. The molecular formula is C26H31N5O2S2. The predicted octanol–water partition coefficient (Wildman–Crippen LogP) is 4.34. The lowest BCUT2D eigenvalue weighted by molar-refractivity contribution is 0.289. The van der Waals surface area contributed by atoms with Crippen LogP contribution in [0.1, 0.15) is 24.5 Å². The number of nitrogens with one attached hydrogen (secondary N) is 1. The van der Waals surface area contributed by atoms with Crippen molar-refractivity contribution in [3.05, 3.63) is 59.8 Å². The van der Waals surface area contributed by atoms with Gasteiger partial charge in [0, 0.05) is 43.2 Å². The lowest BCUT2D eigenvalue weighted by Crippen LogP contribution is -2.27. The minimum atomic E-state index is -3.16. The van der Waals surface area contributed by atoms with Crippen molar-refractivity contribution in [2.24, 2.45) is 7.05 Å². The molecule has 3 heterocycles. The van der Waals surface area contributed by atoms with Crippen molar-refractivity contribution in [3.8, 4) is 11.4 Å². The Kier molecular flexibility index (Phi) is 7.00. The highest BCUT2D eigenvalue weighted by Gasteiger charge is 2.18. The number of aromatic amines is 1. The highest BCUT2D eigenvalue weighted by Crippen LogP contribution is 2.26. The molecule has 1 aliphatic rings. The monoisotopic (exact) mass is 509 g/mol. The Morgan fingerprint density at radius 2 is 1.86 bits per heavy atom. The summed E-state index contributed by atoms with van der Waals surface area (Å²) >= 11 is 1.74. The van der Waals surface area contributed by atoms with E-state index in [4.69, 9.17) is 0 Å². The lowest BCUT2D eigenvalue weighted by atomic mass is 10.0. The normalized spacial score (nSPS) is 14.8. The second-order valence-corrected chi connectivity index (χ2v) is 12.4. The Morgan fingerprint density at radius 1 is 1.03 bits per heavy atom. The van der Waals surface area contributed by atoms with Crippen LogP contribution in [0.5, 0.6) is 0 Å². The number of rotatable bonds is 8. The highest BCUT2D eigenvalue weighted by atomic mass is 32.2. The molecule has 0 spiro atoms. The van der Waals surface area contributed by atoms with E-state index >= 15 is 0 Å². The summed E-state index contributed by atoms with van der Waals surface area (Å²) in [5.74, 6) is 1.99. The Morgan fingerprint density at radius 3 is 2.69 bits per heavy atom. The molecule has 0 unspecified atom stereocenters. The minimum Gasteiger partial charge on any atom is -0.361 e. The van der Waals surface area contributed by atoms with Gasteiger partial charge < -0.3 is 14.5 Å². The summed E-state index contributed by atoms with van der Waals surface area (Å²) in [6.07, 6.45) is 4.87. The van der Waals surface area contributed by atoms with Crippen molar-refractivity contribution < 1.29 is 8.42 Å². The molecule has 5 rings (SSSR count). The fraction of sp³-hybridized carbons (Fsp3) is 0.385. The van der Waals surface area contributed by atoms with Crippen LogP contribution in [-0.4, -0.2) is 64.2 Å². The molecule has 0 saturated carbocycles. The van der Waals surface area contributed by atoms with Gasteiger partial charge >= 0.3 is 0 Å². The third-order valence-corrected chi connectivity index (χ3v) is 9.65. The standard InChI is InChI=1S/C26H31N5O2S2/c1-3-35(32,33)23-8-7-19-10-14-31(15-11-21(19)17-23)13-4-16-34-26-29-28-25(30(26)2)22-6-5-20-9-12-27-24(20)18-22/h5-9,12,17-18,27H,3-4,10-11,13-16H2,1-2H3. The van der Waals surface area contributed by atoms with Crippen molar-refractivity contribution in [2.75, 3.05) is 31.1 Å². The summed E-state index contributed by atoms with van der Waals surface area (Å²) in [5.41, 5.74) is 4.62. The first-order valence-corrected chi connectivity index (χ1v) is 14.7. The maximum Gasteiger partial charge on any atom is 0.191 e. The van der Waals surface area contributed by atoms with Crippen LogP contribution < -0.4 is 0 Å². The Hall–Kier alpha value is -2.62. The van der Waals surface area contributed by atoms with E-state index in [0.717, 1.165) is 66.7 Å². The summed E-state index contributed by atoms with van der Waals surface area (Å²) < 4.78 is 26.6. The summed E-state index contributed by atoms with van der Waals surface area (Å²) in [5, 5.41) is 11.0. The summed E-state index contributed by atoms with van der Waals surface area (Å²) in [6, 6.07) is 14.1. The van der Waals surface area contributed by atoms with Gasteiger partial charge in [0.05, 0.1) is 10.6 Å². The molecule has 0 atom stereocenters. The molecule has 0 bridgehead atoms. The Labute approximate surface area is 210 Å². The molecule has 184 valence electrons. The van der Waals surface area contributed by atoms with Crippen LogP contribution in [0, 0.1) is 0 Å². The molecule has 7 nitrogen and oxygen atoms in total. The first kappa shape index (κ1) is 24.1. The molecular weight excluding hydrogens is 478 g/mol. The number of aromatic nitrogens is 4. The third-order valence-electron chi connectivity index (χ3n) is 6.81. The number of nitrogens with zero attached hydrogens (tertiary/aromatic N) is 4. The molecule has 0 aliphatic carbocycles. The van der Waals surface area contributed by atoms with E-state index in [1.54, 1.807) is 24.8 Å². The van der Waals surface area contributed by atoms with Gasteiger partial charge in [-0.15, -0.1) is 10.2 Å². The molecule has 4 aromatic rings. The highest BCUT2D eigenvalue weighted by molar-refractivity contribution is 7.99. The van der Waals surface area contributed by atoms with Crippen molar-refractivity contribution in [2.45, 2.75) is 36.2 Å². The Bertz CT molecular complexity index is 1440. The zero-order valence-corrected chi connectivity index (χ0v) is 21.8. The number of benzene rings is 2. The van der Waals surface area contributed by atoms with Crippen molar-refractivity contribution in [1.82, 2.24) is 24.6 Å². The van der Waals surface area contributed by atoms with E-state index in [2.05, 4.69) is 48.9 Å². The molecule has 9 heteroatoms. The summed E-state index contributed by atoms with van der Waals surface area (Å²) in [7, 11) is -1.14. The zero-order chi connectivity index (χ0) is 24.4. The van der Waals surface area contributed by atoms with Gasteiger partial charge in [0.2, 0.25) is 0 Å². The maximum atomic E-state index is 12.2. The van der Waals surface area contributed by atoms with E-state index in [1.165, 1.54) is 16.5 Å². The number of hydrogen-bond donors (Lipinski definition) is 1. The van der Waals surface area contributed by atoms with Gasteiger partial charge in [0.25, 0.3) is 0 Å². The smallest absolute Gasteiger partial charge is 0.191 e.